The van der Waals surface area contributed by atoms with Crippen LogP contribution in [0.5, 0.6) is 5.75 Å². The zero-order valence-electron chi connectivity index (χ0n) is 10.3. The highest BCUT2D eigenvalue weighted by Crippen LogP contribution is 2.18. The van der Waals surface area contributed by atoms with Crippen LogP contribution in [0.4, 0.5) is 0 Å². The third kappa shape index (κ3) is 4.84. The second kappa shape index (κ2) is 6.88. The molecule has 0 atom stereocenters. The van der Waals surface area contributed by atoms with Gasteiger partial charge in [-0.3, -0.25) is 10.2 Å². The Balaban J connectivity index is 2.61. The van der Waals surface area contributed by atoms with E-state index in [-0.39, 0.29) is 12.3 Å². The zero-order valence-corrected chi connectivity index (χ0v) is 10.3. The van der Waals surface area contributed by atoms with Gasteiger partial charge in [-0.25, -0.2) is 5.84 Å². The number of carbonyl (C=O) groups excluding carboxylic acids is 1. The van der Waals surface area contributed by atoms with Gasteiger partial charge in [-0.05, 0) is 20.2 Å². The summed E-state index contributed by atoms with van der Waals surface area (Å²) in [6, 6.07) is 7.47. The van der Waals surface area contributed by atoms with Crippen molar-refractivity contribution in [2.24, 2.45) is 5.84 Å². The number of ether oxygens (including phenoxy) is 1. The number of benzene rings is 1. The number of likely N-dealkylation sites (N-methyl/N-ethyl adjacent to an activating group) is 1. The number of hydrogen-bond acceptors (Lipinski definition) is 4. The number of carbonyl (C=O) groups is 1. The van der Waals surface area contributed by atoms with E-state index in [1.165, 1.54) is 0 Å². The zero-order chi connectivity index (χ0) is 12.7. The van der Waals surface area contributed by atoms with Crippen molar-refractivity contribution in [1.29, 1.82) is 0 Å². The Morgan fingerprint density at radius 3 is 2.76 bits per heavy atom. The number of para-hydroxylation sites is 1. The number of nitrogens with zero attached hydrogens (tertiary/aromatic N) is 1. The average Bonchev–Trinajstić information content (AvgIpc) is 2.30. The van der Waals surface area contributed by atoms with Crippen LogP contribution < -0.4 is 16.0 Å². The van der Waals surface area contributed by atoms with Crippen LogP contribution in [0.15, 0.2) is 24.3 Å². The molecule has 3 N–H and O–H groups in total. The Kier molecular flexibility index (Phi) is 5.45. The molecule has 0 fully saturated rings. The summed E-state index contributed by atoms with van der Waals surface area (Å²) in [7, 11) is 3.97. The van der Waals surface area contributed by atoms with E-state index in [1.54, 1.807) is 0 Å². The lowest BCUT2D eigenvalue weighted by Gasteiger charge is -2.13. The van der Waals surface area contributed by atoms with Crippen molar-refractivity contribution in [1.82, 2.24) is 10.3 Å². The van der Waals surface area contributed by atoms with Crippen LogP contribution >= 0.6 is 0 Å². The normalized spacial score (nSPS) is 10.4. The minimum atomic E-state index is -0.228. The Hall–Kier alpha value is -1.59. The lowest BCUT2D eigenvalue weighted by Crippen LogP contribution is -2.31. The first kappa shape index (κ1) is 13.5. The number of hydrogen-bond donors (Lipinski definition) is 2. The molecule has 0 unspecified atom stereocenters. The van der Waals surface area contributed by atoms with Crippen LogP contribution in [-0.2, 0) is 11.2 Å². The number of hydrazine groups is 1. The van der Waals surface area contributed by atoms with Gasteiger partial charge < -0.3 is 9.64 Å². The molecule has 1 rings (SSSR count). The minimum absolute atomic E-state index is 0.228. The molecular formula is C12H19N3O2. The van der Waals surface area contributed by atoms with E-state index in [0.717, 1.165) is 17.9 Å². The van der Waals surface area contributed by atoms with Crippen molar-refractivity contribution in [2.75, 3.05) is 27.2 Å². The highest BCUT2D eigenvalue weighted by Gasteiger charge is 2.07. The maximum Gasteiger partial charge on any atom is 0.238 e. The Labute approximate surface area is 102 Å². The third-order valence-corrected chi connectivity index (χ3v) is 2.28. The van der Waals surface area contributed by atoms with Crippen molar-refractivity contribution >= 4 is 5.91 Å². The molecule has 94 valence electrons. The average molecular weight is 237 g/mol. The van der Waals surface area contributed by atoms with Crippen molar-refractivity contribution < 1.29 is 9.53 Å². The molecule has 5 nitrogen and oxygen atoms in total. The van der Waals surface area contributed by atoms with Gasteiger partial charge >= 0.3 is 0 Å². The summed E-state index contributed by atoms with van der Waals surface area (Å²) in [4.78, 5) is 13.3. The van der Waals surface area contributed by atoms with Crippen LogP contribution in [0.2, 0.25) is 0 Å². The fourth-order valence-electron chi connectivity index (χ4n) is 1.35. The molecule has 0 heterocycles. The lowest BCUT2D eigenvalue weighted by molar-refractivity contribution is -0.120. The molecule has 0 aromatic heterocycles. The summed E-state index contributed by atoms with van der Waals surface area (Å²) in [5.74, 6) is 5.57. The number of nitrogens with one attached hydrogen (secondary N) is 1. The molecule has 5 heteroatoms. The van der Waals surface area contributed by atoms with Crippen LogP contribution in [-0.4, -0.2) is 38.1 Å². The second-order valence-corrected chi connectivity index (χ2v) is 4.00. The summed E-state index contributed by atoms with van der Waals surface area (Å²) in [6.07, 6.45) is 0.231. The molecule has 0 aliphatic carbocycles. The molecule has 1 aromatic carbocycles. The van der Waals surface area contributed by atoms with E-state index in [9.17, 15) is 4.79 Å². The number of rotatable bonds is 6. The van der Waals surface area contributed by atoms with Gasteiger partial charge in [0.1, 0.15) is 12.4 Å². The van der Waals surface area contributed by atoms with Gasteiger partial charge in [-0.1, -0.05) is 18.2 Å². The van der Waals surface area contributed by atoms with Gasteiger partial charge in [0.25, 0.3) is 0 Å². The molecule has 17 heavy (non-hydrogen) atoms. The van der Waals surface area contributed by atoms with E-state index >= 15 is 0 Å². The fraction of sp³-hybridized carbons (Fsp3) is 0.417. The van der Waals surface area contributed by atoms with Gasteiger partial charge in [-0.15, -0.1) is 0 Å². The van der Waals surface area contributed by atoms with Crippen molar-refractivity contribution in [2.45, 2.75) is 6.42 Å². The largest absolute Gasteiger partial charge is 0.492 e. The summed E-state index contributed by atoms with van der Waals surface area (Å²) in [5, 5.41) is 0. The maximum atomic E-state index is 11.2. The second-order valence-electron chi connectivity index (χ2n) is 4.00. The standard InChI is InChI=1S/C12H19N3O2/c1-15(2)7-8-17-11-6-4-3-5-10(11)9-12(16)14-13/h3-6H,7-9,13H2,1-2H3,(H,14,16). The molecule has 0 radical (unpaired) electrons. The van der Waals surface area contributed by atoms with Crippen molar-refractivity contribution in [3.05, 3.63) is 29.8 Å². The summed E-state index contributed by atoms with van der Waals surface area (Å²) in [6.45, 7) is 1.42. The number of amides is 1. The first-order valence-corrected chi connectivity index (χ1v) is 5.48. The van der Waals surface area contributed by atoms with E-state index in [1.807, 2.05) is 43.3 Å². The molecule has 0 saturated heterocycles. The van der Waals surface area contributed by atoms with Crippen LogP contribution in [0.25, 0.3) is 0 Å². The van der Waals surface area contributed by atoms with Gasteiger partial charge in [0.05, 0.1) is 6.42 Å². The number of nitrogens with two attached hydrogens (primary N) is 1. The van der Waals surface area contributed by atoms with E-state index < -0.39 is 0 Å². The first-order valence-electron chi connectivity index (χ1n) is 5.48. The van der Waals surface area contributed by atoms with E-state index in [2.05, 4.69) is 5.43 Å². The highest BCUT2D eigenvalue weighted by atomic mass is 16.5. The lowest BCUT2D eigenvalue weighted by atomic mass is 10.1. The van der Waals surface area contributed by atoms with Gasteiger partial charge in [-0.2, -0.15) is 0 Å². The Morgan fingerprint density at radius 2 is 2.12 bits per heavy atom. The SMILES string of the molecule is CN(C)CCOc1ccccc1CC(=O)NN. The van der Waals surface area contributed by atoms with Gasteiger partial charge in [0, 0.05) is 12.1 Å². The highest BCUT2D eigenvalue weighted by molar-refractivity contribution is 5.78. The van der Waals surface area contributed by atoms with Crippen molar-refractivity contribution in [3.63, 3.8) is 0 Å². The van der Waals surface area contributed by atoms with Crippen LogP contribution in [0.3, 0.4) is 0 Å². The molecule has 1 amide bonds. The quantitative estimate of drug-likeness (QED) is 0.420. The summed E-state index contributed by atoms with van der Waals surface area (Å²) < 4.78 is 5.63. The van der Waals surface area contributed by atoms with Crippen LogP contribution in [0, 0.1) is 0 Å². The molecule has 1 aromatic rings. The molecule has 0 saturated carbocycles. The smallest absolute Gasteiger partial charge is 0.238 e. The Bertz CT molecular complexity index is 367. The molecule has 0 aliphatic rings. The van der Waals surface area contributed by atoms with Gasteiger partial charge in [0.15, 0.2) is 0 Å². The van der Waals surface area contributed by atoms with Crippen LogP contribution in [0.1, 0.15) is 5.56 Å². The molecule has 0 aliphatic heterocycles. The molecule has 0 spiro atoms. The van der Waals surface area contributed by atoms with E-state index in [4.69, 9.17) is 10.6 Å². The maximum absolute atomic E-state index is 11.2. The third-order valence-electron chi connectivity index (χ3n) is 2.28. The first-order chi connectivity index (χ1) is 8.13. The topological polar surface area (TPSA) is 67.6 Å². The summed E-state index contributed by atoms with van der Waals surface area (Å²) in [5.41, 5.74) is 2.95. The minimum Gasteiger partial charge on any atom is -0.492 e. The van der Waals surface area contributed by atoms with Crippen molar-refractivity contribution in [3.8, 4) is 5.75 Å². The Morgan fingerprint density at radius 1 is 1.41 bits per heavy atom. The van der Waals surface area contributed by atoms with E-state index in [0.29, 0.717) is 6.61 Å². The summed E-state index contributed by atoms with van der Waals surface area (Å²) >= 11 is 0. The predicted molar refractivity (Wildman–Crippen MR) is 66.5 cm³/mol. The monoisotopic (exact) mass is 237 g/mol. The molecular weight excluding hydrogens is 218 g/mol. The molecule has 0 bridgehead atoms. The van der Waals surface area contributed by atoms with Gasteiger partial charge in [0.2, 0.25) is 5.91 Å². The predicted octanol–water partition coefficient (Wildman–Crippen LogP) is 0.159. The fourth-order valence-corrected chi connectivity index (χ4v) is 1.35.